The highest BCUT2D eigenvalue weighted by atomic mass is 35.5. The summed E-state index contributed by atoms with van der Waals surface area (Å²) in [5.41, 5.74) is 2.97. The molecule has 0 fully saturated rings. The minimum absolute atomic E-state index is 0.0151. The molecule has 4 aromatic carbocycles. The zero-order valence-corrected chi connectivity index (χ0v) is 29.8. The van der Waals surface area contributed by atoms with E-state index in [9.17, 15) is 18.0 Å². The van der Waals surface area contributed by atoms with Crippen LogP contribution in [-0.2, 0) is 32.6 Å². The first-order valence-corrected chi connectivity index (χ1v) is 17.8. The number of rotatable bonds is 13. The van der Waals surface area contributed by atoms with Gasteiger partial charge in [0.05, 0.1) is 10.6 Å². The van der Waals surface area contributed by atoms with Crippen molar-refractivity contribution in [2.75, 3.05) is 10.8 Å². The van der Waals surface area contributed by atoms with E-state index >= 15 is 0 Å². The van der Waals surface area contributed by atoms with Crippen LogP contribution < -0.4 is 9.62 Å². The minimum atomic E-state index is -4.26. The summed E-state index contributed by atoms with van der Waals surface area (Å²) in [6.07, 6.45) is 0.841. The SMILES string of the molecule is CC[C@@H](C)NC(=O)[C@H](Cc1ccccc1)N(Cc1c(Cl)cccc1Cl)C(=O)CN(c1ccc(Cl)cc1C)S(=O)(=O)c1ccc(C)cc1. The van der Waals surface area contributed by atoms with Crippen LogP contribution in [0.1, 0.15) is 42.5 Å². The number of benzene rings is 4. The molecule has 0 saturated heterocycles. The molecule has 0 heterocycles. The van der Waals surface area contributed by atoms with E-state index in [0.29, 0.717) is 32.6 Å². The molecular weight excluding hydrogens is 677 g/mol. The Labute approximate surface area is 292 Å². The number of aryl methyl sites for hydroxylation is 2. The van der Waals surface area contributed by atoms with Gasteiger partial charge in [-0.15, -0.1) is 0 Å². The Bertz CT molecular complexity index is 1800. The van der Waals surface area contributed by atoms with Gasteiger partial charge in [-0.1, -0.05) is 95.8 Å². The van der Waals surface area contributed by atoms with Crippen molar-refractivity contribution in [2.45, 2.75) is 64.1 Å². The second-order valence-electron chi connectivity index (χ2n) is 11.5. The van der Waals surface area contributed by atoms with E-state index in [0.717, 1.165) is 15.4 Å². The van der Waals surface area contributed by atoms with Gasteiger partial charge in [0.2, 0.25) is 11.8 Å². The van der Waals surface area contributed by atoms with Gasteiger partial charge in [0.25, 0.3) is 10.0 Å². The van der Waals surface area contributed by atoms with Crippen molar-refractivity contribution >= 4 is 62.3 Å². The summed E-state index contributed by atoms with van der Waals surface area (Å²) in [6, 6.07) is 24.3. The van der Waals surface area contributed by atoms with Crippen LogP contribution in [0.15, 0.2) is 95.9 Å². The molecule has 0 aliphatic carbocycles. The van der Waals surface area contributed by atoms with Gasteiger partial charge < -0.3 is 10.2 Å². The van der Waals surface area contributed by atoms with Gasteiger partial charge in [0, 0.05) is 39.6 Å². The largest absolute Gasteiger partial charge is 0.352 e. The Morgan fingerprint density at radius 2 is 1.49 bits per heavy atom. The van der Waals surface area contributed by atoms with E-state index in [4.69, 9.17) is 34.8 Å². The summed E-state index contributed by atoms with van der Waals surface area (Å²) in [6.45, 7) is 6.67. The van der Waals surface area contributed by atoms with E-state index in [1.54, 1.807) is 55.5 Å². The Morgan fingerprint density at radius 3 is 2.09 bits per heavy atom. The van der Waals surface area contributed by atoms with Gasteiger partial charge in [-0.2, -0.15) is 0 Å². The van der Waals surface area contributed by atoms with Gasteiger partial charge in [0.1, 0.15) is 12.6 Å². The normalized spacial score (nSPS) is 12.7. The van der Waals surface area contributed by atoms with Crippen molar-refractivity contribution in [1.29, 1.82) is 0 Å². The average Bonchev–Trinajstić information content (AvgIpc) is 3.03. The van der Waals surface area contributed by atoms with Crippen LogP contribution in [0.3, 0.4) is 0 Å². The molecule has 47 heavy (non-hydrogen) atoms. The first-order chi connectivity index (χ1) is 22.3. The molecule has 0 unspecified atom stereocenters. The van der Waals surface area contributed by atoms with Crippen molar-refractivity contribution in [1.82, 2.24) is 10.2 Å². The number of hydrogen-bond donors (Lipinski definition) is 1. The van der Waals surface area contributed by atoms with Crippen molar-refractivity contribution in [2.24, 2.45) is 0 Å². The Kier molecular flexibility index (Phi) is 12.4. The van der Waals surface area contributed by atoms with Gasteiger partial charge in [0.15, 0.2) is 0 Å². The molecule has 0 radical (unpaired) electrons. The fraction of sp³-hybridized carbons (Fsp3) is 0.278. The van der Waals surface area contributed by atoms with Crippen molar-refractivity contribution in [3.8, 4) is 0 Å². The van der Waals surface area contributed by atoms with Crippen LogP contribution in [0.5, 0.6) is 0 Å². The number of halogens is 3. The molecule has 2 atom stereocenters. The lowest BCUT2D eigenvalue weighted by molar-refractivity contribution is -0.140. The molecule has 1 N–H and O–H groups in total. The highest BCUT2D eigenvalue weighted by molar-refractivity contribution is 7.92. The molecule has 0 aliphatic rings. The fourth-order valence-electron chi connectivity index (χ4n) is 5.10. The average molecular weight is 715 g/mol. The number of carbonyl (C=O) groups is 2. The summed E-state index contributed by atoms with van der Waals surface area (Å²) >= 11 is 19.4. The fourth-order valence-corrected chi connectivity index (χ4v) is 7.32. The third-order valence-electron chi connectivity index (χ3n) is 7.98. The highest BCUT2D eigenvalue weighted by Gasteiger charge is 2.36. The van der Waals surface area contributed by atoms with Crippen molar-refractivity contribution in [3.63, 3.8) is 0 Å². The highest BCUT2D eigenvalue weighted by Crippen LogP contribution is 2.31. The van der Waals surface area contributed by atoms with Crippen molar-refractivity contribution in [3.05, 3.63) is 128 Å². The molecule has 4 aromatic rings. The standard InChI is InChI=1S/C36H38Cl3N3O4S/c1-5-26(4)40-36(44)34(21-27-10-7-6-8-11-27)41(22-30-31(38)12-9-13-32(30)39)35(43)23-42(33-19-16-28(37)20-25(33)3)47(45,46)29-17-14-24(2)15-18-29/h6-20,26,34H,5,21-23H2,1-4H3,(H,40,44)/t26-,34+/m1/s1. The van der Waals surface area contributed by atoms with Gasteiger partial charge in [-0.3, -0.25) is 13.9 Å². The van der Waals surface area contributed by atoms with Crippen LogP contribution in [0, 0.1) is 13.8 Å². The number of nitrogens with zero attached hydrogens (tertiary/aromatic N) is 2. The molecule has 2 amide bonds. The molecule has 4 rings (SSSR count). The summed E-state index contributed by atoms with van der Waals surface area (Å²) in [5, 5.41) is 4.07. The molecule has 7 nitrogen and oxygen atoms in total. The molecule has 0 aliphatic heterocycles. The molecule has 0 spiro atoms. The predicted molar refractivity (Wildman–Crippen MR) is 191 cm³/mol. The summed E-state index contributed by atoms with van der Waals surface area (Å²) < 4.78 is 29.6. The van der Waals surface area contributed by atoms with E-state index < -0.39 is 28.5 Å². The summed E-state index contributed by atoms with van der Waals surface area (Å²) in [4.78, 5) is 30.1. The Balaban J connectivity index is 1.87. The maximum atomic E-state index is 14.7. The second-order valence-corrected chi connectivity index (χ2v) is 14.6. The number of anilines is 1. The van der Waals surface area contributed by atoms with Gasteiger partial charge in [-0.05, 0) is 80.8 Å². The number of carbonyl (C=O) groups excluding carboxylic acids is 2. The lowest BCUT2D eigenvalue weighted by Crippen LogP contribution is -2.54. The van der Waals surface area contributed by atoms with Crippen LogP contribution in [0.2, 0.25) is 15.1 Å². The number of hydrogen-bond acceptors (Lipinski definition) is 4. The maximum absolute atomic E-state index is 14.7. The van der Waals surface area contributed by atoms with Gasteiger partial charge in [-0.25, -0.2) is 8.42 Å². The van der Waals surface area contributed by atoms with E-state index in [1.165, 1.54) is 17.0 Å². The molecule has 11 heteroatoms. The predicted octanol–water partition coefficient (Wildman–Crippen LogP) is 8.01. The van der Waals surface area contributed by atoms with E-state index in [2.05, 4.69) is 5.32 Å². The molecule has 0 aromatic heterocycles. The first kappa shape index (κ1) is 36.3. The maximum Gasteiger partial charge on any atom is 0.264 e. The molecular formula is C36H38Cl3N3O4S. The number of amides is 2. The lowest BCUT2D eigenvalue weighted by atomic mass is 10.0. The van der Waals surface area contributed by atoms with E-state index in [-0.39, 0.29) is 35.5 Å². The quantitative estimate of drug-likeness (QED) is 0.152. The van der Waals surface area contributed by atoms with Crippen LogP contribution in [-0.4, -0.2) is 43.8 Å². The molecule has 248 valence electrons. The smallest absolute Gasteiger partial charge is 0.264 e. The second kappa shape index (κ2) is 16.0. The van der Waals surface area contributed by atoms with Gasteiger partial charge >= 0.3 is 0 Å². The van der Waals surface area contributed by atoms with E-state index in [1.807, 2.05) is 51.1 Å². The molecule has 0 bridgehead atoms. The summed E-state index contributed by atoms with van der Waals surface area (Å²) in [5.74, 6) is -0.999. The summed E-state index contributed by atoms with van der Waals surface area (Å²) in [7, 11) is -4.26. The number of sulfonamides is 1. The molecule has 0 saturated carbocycles. The van der Waals surface area contributed by atoms with Crippen molar-refractivity contribution < 1.29 is 18.0 Å². The zero-order chi connectivity index (χ0) is 34.3. The number of nitrogens with one attached hydrogen (secondary N) is 1. The Morgan fingerprint density at radius 1 is 0.851 bits per heavy atom. The van der Waals surface area contributed by atoms with Crippen LogP contribution in [0.25, 0.3) is 0 Å². The third-order valence-corrected chi connectivity index (χ3v) is 10.7. The third kappa shape index (κ3) is 9.08. The lowest BCUT2D eigenvalue weighted by Gasteiger charge is -2.35. The topological polar surface area (TPSA) is 86.8 Å². The minimum Gasteiger partial charge on any atom is -0.352 e. The monoisotopic (exact) mass is 713 g/mol. The first-order valence-electron chi connectivity index (χ1n) is 15.2. The Hall–Kier alpha value is -3.56. The van der Waals surface area contributed by atoms with Crippen LogP contribution in [0.4, 0.5) is 5.69 Å². The zero-order valence-electron chi connectivity index (χ0n) is 26.7. The van der Waals surface area contributed by atoms with Crippen LogP contribution >= 0.6 is 34.8 Å².